The Hall–Kier alpha value is -3.09. The first-order chi connectivity index (χ1) is 13.3. The van der Waals surface area contributed by atoms with E-state index in [1.807, 2.05) is 6.92 Å². The van der Waals surface area contributed by atoms with Crippen molar-refractivity contribution in [2.24, 2.45) is 0 Å². The highest BCUT2D eigenvalue weighted by molar-refractivity contribution is 5.97. The molecule has 0 spiro atoms. The Balaban J connectivity index is 1.93. The number of aryl methyl sites for hydroxylation is 1. The van der Waals surface area contributed by atoms with Crippen LogP contribution in [0.4, 0.5) is 5.69 Å². The molecular formula is C21H25NO6. The molecule has 0 aromatic heterocycles. The summed E-state index contributed by atoms with van der Waals surface area (Å²) in [4.78, 5) is 22.1. The molecule has 0 aliphatic heterocycles. The molecule has 0 aliphatic carbocycles. The molecule has 1 N–H and O–H groups in total. The average Bonchev–Trinajstić information content (AvgIpc) is 2.64. The number of ether oxygens (including phenoxy) is 2. The van der Waals surface area contributed by atoms with Crippen LogP contribution in [0, 0.1) is 17.0 Å². The van der Waals surface area contributed by atoms with Gasteiger partial charge in [0.05, 0.1) is 29.8 Å². The Kier molecular flexibility index (Phi) is 7.37. The SMILES string of the molecule is CCCc1c(OCCCOc2ccc(C)c([N+](=O)[O-])c2)ccc(C(C)=O)c1O. The molecule has 0 atom stereocenters. The van der Waals surface area contributed by atoms with Gasteiger partial charge in [-0.2, -0.15) is 0 Å². The normalized spacial score (nSPS) is 10.5. The topological polar surface area (TPSA) is 98.9 Å². The van der Waals surface area contributed by atoms with Crippen LogP contribution in [0.3, 0.4) is 0 Å². The summed E-state index contributed by atoms with van der Waals surface area (Å²) in [6.45, 7) is 5.76. The number of aromatic hydroxyl groups is 1. The van der Waals surface area contributed by atoms with Crippen LogP contribution in [0.1, 0.15) is 48.2 Å². The zero-order valence-electron chi connectivity index (χ0n) is 16.4. The highest BCUT2D eigenvalue weighted by atomic mass is 16.6. The fourth-order valence-corrected chi connectivity index (χ4v) is 2.84. The summed E-state index contributed by atoms with van der Waals surface area (Å²) in [5, 5.41) is 21.3. The van der Waals surface area contributed by atoms with Crippen molar-refractivity contribution in [1.82, 2.24) is 0 Å². The Labute approximate surface area is 164 Å². The molecule has 150 valence electrons. The zero-order valence-corrected chi connectivity index (χ0v) is 16.4. The summed E-state index contributed by atoms with van der Waals surface area (Å²) in [5.74, 6) is 0.778. The van der Waals surface area contributed by atoms with E-state index < -0.39 is 4.92 Å². The van der Waals surface area contributed by atoms with Gasteiger partial charge in [0.25, 0.3) is 5.69 Å². The van der Waals surface area contributed by atoms with Gasteiger partial charge in [0.2, 0.25) is 0 Å². The van der Waals surface area contributed by atoms with E-state index in [2.05, 4.69) is 0 Å². The van der Waals surface area contributed by atoms with Gasteiger partial charge in [-0.15, -0.1) is 0 Å². The van der Waals surface area contributed by atoms with Gasteiger partial charge < -0.3 is 14.6 Å². The maximum atomic E-state index is 11.6. The second-order valence-electron chi connectivity index (χ2n) is 6.50. The van der Waals surface area contributed by atoms with Crippen LogP contribution in [0.5, 0.6) is 17.2 Å². The third-order valence-electron chi connectivity index (χ3n) is 4.31. The molecule has 0 aliphatic rings. The minimum Gasteiger partial charge on any atom is -0.507 e. The molecule has 0 saturated heterocycles. The number of carbonyl (C=O) groups excluding carboxylic acids is 1. The quantitative estimate of drug-likeness (QED) is 0.277. The van der Waals surface area contributed by atoms with Crippen LogP contribution >= 0.6 is 0 Å². The fourth-order valence-electron chi connectivity index (χ4n) is 2.84. The number of nitro groups is 1. The second kappa shape index (κ2) is 9.73. The number of hydrogen-bond donors (Lipinski definition) is 1. The predicted octanol–water partition coefficient (Wildman–Crippen LogP) is 4.61. The first kappa shape index (κ1) is 21.2. The zero-order chi connectivity index (χ0) is 20.7. The van der Waals surface area contributed by atoms with Gasteiger partial charge in [0, 0.05) is 17.5 Å². The van der Waals surface area contributed by atoms with Crippen LogP contribution in [0.15, 0.2) is 30.3 Å². The Morgan fingerprint density at radius 1 is 1.18 bits per heavy atom. The first-order valence-corrected chi connectivity index (χ1v) is 9.21. The molecule has 0 unspecified atom stereocenters. The lowest BCUT2D eigenvalue weighted by molar-refractivity contribution is -0.385. The fraction of sp³-hybridized carbons (Fsp3) is 0.381. The molecule has 2 aromatic rings. The monoisotopic (exact) mass is 387 g/mol. The summed E-state index contributed by atoms with van der Waals surface area (Å²) in [6, 6.07) is 8.02. The highest BCUT2D eigenvalue weighted by Crippen LogP contribution is 2.33. The molecule has 0 saturated carbocycles. The summed E-state index contributed by atoms with van der Waals surface area (Å²) in [6.07, 6.45) is 1.97. The molecule has 0 fully saturated rings. The van der Waals surface area contributed by atoms with E-state index in [1.54, 1.807) is 31.2 Å². The minimum atomic E-state index is -0.433. The van der Waals surface area contributed by atoms with Crippen molar-refractivity contribution in [3.8, 4) is 17.2 Å². The van der Waals surface area contributed by atoms with Crippen LogP contribution < -0.4 is 9.47 Å². The molecule has 28 heavy (non-hydrogen) atoms. The molecular weight excluding hydrogens is 362 g/mol. The van der Waals surface area contributed by atoms with Gasteiger partial charge in [-0.05, 0) is 44.5 Å². The van der Waals surface area contributed by atoms with Gasteiger partial charge in [0.15, 0.2) is 5.78 Å². The molecule has 0 bridgehead atoms. The van der Waals surface area contributed by atoms with E-state index in [-0.39, 0.29) is 17.2 Å². The smallest absolute Gasteiger partial charge is 0.275 e. The average molecular weight is 387 g/mol. The predicted molar refractivity (Wildman–Crippen MR) is 106 cm³/mol. The Bertz CT molecular complexity index is 862. The summed E-state index contributed by atoms with van der Waals surface area (Å²) >= 11 is 0. The maximum absolute atomic E-state index is 11.6. The van der Waals surface area contributed by atoms with Crippen molar-refractivity contribution < 1.29 is 24.3 Å². The molecule has 0 amide bonds. The summed E-state index contributed by atoms with van der Waals surface area (Å²) in [5.41, 5.74) is 1.53. The largest absolute Gasteiger partial charge is 0.507 e. The molecule has 2 aromatic carbocycles. The van der Waals surface area contributed by atoms with Crippen molar-refractivity contribution in [3.63, 3.8) is 0 Å². The van der Waals surface area contributed by atoms with Gasteiger partial charge >= 0.3 is 0 Å². The number of Topliss-reactive ketones (excluding diaryl/α,β-unsaturated/α-hetero) is 1. The molecule has 0 radical (unpaired) electrons. The van der Waals surface area contributed by atoms with E-state index >= 15 is 0 Å². The summed E-state index contributed by atoms with van der Waals surface area (Å²) in [7, 11) is 0. The summed E-state index contributed by atoms with van der Waals surface area (Å²) < 4.78 is 11.3. The molecule has 0 heterocycles. The number of phenols is 1. The van der Waals surface area contributed by atoms with E-state index in [4.69, 9.17) is 9.47 Å². The third kappa shape index (κ3) is 5.22. The lowest BCUT2D eigenvalue weighted by Crippen LogP contribution is -2.07. The van der Waals surface area contributed by atoms with Crippen molar-refractivity contribution >= 4 is 11.5 Å². The molecule has 2 rings (SSSR count). The van der Waals surface area contributed by atoms with Crippen molar-refractivity contribution in [3.05, 3.63) is 57.1 Å². The van der Waals surface area contributed by atoms with Crippen molar-refractivity contribution in [2.75, 3.05) is 13.2 Å². The van der Waals surface area contributed by atoms with Gasteiger partial charge in [0.1, 0.15) is 17.2 Å². The number of rotatable bonds is 10. The van der Waals surface area contributed by atoms with Crippen LogP contribution in [0.25, 0.3) is 0 Å². The highest BCUT2D eigenvalue weighted by Gasteiger charge is 2.16. The minimum absolute atomic E-state index is 0.0185. The van der Waals surface area contributed by atoms with E-state index in [0.717, 1.165) is 6.42 Å². The van der Waals surface area contributed by atoms with E-state index in [9.17, 15) is 20.0 Å². The van der Waals surface area contributed by atoms with E-state index in [1.165, 1.54) is 13.0 Å². The first-order valence-electron chi connectivity index (χ1n) is 9.21. The van der Waals surface area contributed by atoms with Crippen molar-refractivity contribution in [1.29, 1.82) is 0 Å². The number of carbonyl (C=O) groups is 1. The molecule has 7 heteroatoms. The Morgan fingerprint density at radius 2 is 1.89 bits per heavy atom. The lowest BCUT2D eigenvalue weighted by Gasteiger charge is -2.15. The number of nitrogens with zero attached hydrogens (tertiary/aromatic N) is 1. The lowest BCUT2D eigenvalue weighted by atomic mass is 10.0. The van der Waals surface area contributed by atoms with Crippen LogP contribution in [0.2, 0.25) is 0 Å². The second-order valence-corrected chi connectivity index (χ2v) is 6.50. The van der Waals surface area contributed by atoms with E-state index in [0.29, 0.717) is 54.2 Å². The third-order valence-corrected chi connectivity index (χ3v) is 4.31. The Morgan fingerprint density at radius 3 is 2.54 bits per heavy atom. The van der Waals surface area contributed by atoms with Crippen molar-refractivity contribution in [2.45, 2.75) is 40.0 Å². The van der Waals surface area contributed by atoms with Gasteiger partial charge in [-0.3, -0.25) is 14.9 Å². The van der Waals surface area contributed by atoms with Gasteiger partial charge in [-0.25, -0.2) is 0 Å². The number of phenolic OH excluding ortho intramolecular Hbond substituents is 1. The standard InChI is InChI=1S/C21H25NO6/c1-4-6-18-20(10-9-17(15(3)23)21(18)24)28-12-5-11-27-16-8-7-14(2)19(13-16)22(25)26/h7-10,13,24H,4-6,11-12H2,1-3H3. The number of nitro benzene ring substituents is 1. The maximum Gasteiger partial charge on any atom is 0.275 e. The number of benzene rings is 2. The number of hydrogen-bond acceptors (Lipinski definition) is 6. The number of ketones is 1. The van der Waals surface area contributed by atoms with Crippen LogP contribution in [-0.4, -0.2) is 29.0 Å². The molecule has 7 nitrogen and oxygen atoms in total. The van der Waals surface area contributed by atoms with Crippen LogP contribution in [-0.2, 0) is 6.42 Å². The van der Waals surface area contributed by atoms with Gasteiger partial charge in [-0.1, -0.05) is 13.3 Å².